The first kappa shape index (κ1) is 10.7. The molecule has 2 aromatic rings. The van der Waals surface area contributed by atoms with Crippen molar-refractivity contribution in [3.8, 4) is 0 Å². The van der Waals surface area contributed by atoms with Crippen LogP contribution in [0.3, 0.4) is 0 Å². The Labute approximate surface area is 154 Å². The van der Waals surface area contributed by atoms with Crippen molar-refractivity contribution >= 4 is 17.9 Å². The van der Waals surface area contributed by atoms with Crippen molar-refractivity contribution in [3.63, 3.8) is 0 Å². The zero-order valence-electron chi connectivity index (χ0n) is 19.7. The monoisotopic (exact) mass is 342 g/mol. The fourth-order valence-corrected chi connectivity index (χ4v) is 2.32. The summed E-state index contributed by atoms with van der Waals surface area (Å²) in [5, 5.41) is 4.69. The average Bonchev–Trinajstić information content (AvgIpc) is 3.23. The fraction of sp³-hybridized carbons (Fsp3) is 0.211. The van der Waals surface area contributed by atoms with Gasteiger partial charge in [-0.15, -0.1) is 6.58 Å². The first-order valence-electron chi connectivity index (χ1n) is 10.5. The van der Waals surface area contributed by atoms with E-state index in [0.717, 1.165) is 0 Å². The Morgan fingerprint density at radius 2 is 2.04 bits per heavy atom. The molecule has 128 valence electrons. The molecular weight excluding hydrogens is 316 g/mol. The summed E-state index contributed by atoms with van der Waals surface area (Å²) in [6.07, 6.45) is 3.00. The minimum absolute atomic E-state index is 0.219. The van der Waals surface area contributed by atoms with Crippen LogP contribution in [0.4, 0.5) is 0 Å². The van der Waals surface area contributed by atoms with E-state index in [1.165, 1.54) is 6.33 Å². The Bertz CT molecular complexity index is 1130. The number of rotatable bonds is 4. The van der Waals surface area contributed by atoms with E-state index in [1.54, 1.807) is 6.08 Å². The number of carbonyl (C=O) groups excluding carboxylic acids is 2. The van der Waals surface area contributed by atoms with Crippen molar-refractivity contribution in [3.05, 3.63) is 71.8 Å². The van der Waals surface area contributed by atoms with Crippen molar-refractivity contribution in [2.45, 2.75) is 25.3 Å². The second-order valence-electron chi connectivity index (χ2n) is 5.99. The van der Waals surface area contributed by atoms with Gasteiger partial charge in [0.2, 0.25) is 0 Å². The van der Waals surface area contributed by atoms with E-state index in [2.05, 4.69) is 27.2 Å². The smallest absolute Gasteiger partial charge is 0.268 e. The summed E-state index contributed by atoms with van der Waals surface area (Å²) in [7, 11) is 0. The van der Waals surface area contributed by atoms with E-state index in [4.69, 9.17) is 8.22 Å². The zero-order chi connectivity index (χ0) is 23.2. The summed E-state index contributed by atoms with van der Waals surface area (Å²) in [5.74, 6) is -1.67. The van der Waals surface area contributed by atoms with E-state index in [0.29, 0.717) is 5.69 Å². The molecule has 2 heterocycles. The number of nitrogens with zero attached hydrogens (tertiary/aromatic N) is 1. The molecule has 1 fully saturated rings. The summed E-state index contributed by atoms with van der Waals surface area (Å²) in [4.78, 5) is 32.5. The SMILES string of the molecule is [2H]/C(=C1/NC(=O)C(c2c([2H])c([2H])c([2H])c([2H])c2[2H])NC1=O)c1[nH]cnc1C(C)(C)C=C. The first-order chi connectivity index (χ1) is 14.4. The number of piperazine rings is 1. The lowest BCUT2D eigenvalue weighted by atomic mass is 9.88. The Balaban J connectivity index is 2.05. The molecule has 3 rings (SSSR count). The Morgan fingerprint density at radius 3 is 2.72 bits per heavy atom. The van der Waals surface area contributed by atoms with Crippen LogP contribution >= 0.6 is 0 Å². The van der Waals surface area contributed by atoms with Gasteiger partial charge in [0.15, 0.2) is 0 Å². The number of nitrogens with one attached hydrogen (secondary N) is 3. The molecule has 2 amide bonds. The van der Waals surface area contributed by atoms with Crippen LogP contribution in [0.5, 0.6) is 0 Å². The third-order valence-corrected chi connectivity index (χ3v) is 3.83. The minimum Gasteiger partial charge on any atom is -0.345 e. The third-order valence-electron chi connectivity index (χ3n) is 3.83. The number of amides is 2. The first-order valence-corrected chi connectivity index (χ1v) is 7.49. The summed E-state index contributed by atoms with van der Waals surface area (Å²) < 4.78 is 47.7. The molecule has 0 bridgehead atoms. The van der Waals surface area contributed by atoms with Crippen molar-refractivity contribution < 1.29 is 17.8 Å². The highest BCUT2D eigenvalue weighted by atomic mass is 16.2. The molecule has 1 aromatic heterocycles. The molecule has 1 aliphatic heterocycles. The molecule has 1 aliphatic rings. The molecule has 25 heavy (non-hydrogen) atoms. The van der Waals surface area contributed by atoms with E-state index >= 15 is 0 Å². The molecule has 0 spiro atoms. The summed E-state index contributed by atoms with van der Waals surface area (Å²) in [6.45, 7) is 7.40. The lowest BCUT2D eigenvalue weighted by Gasteiger charge is -2.25. The normalized spacial score (nSPS) is 23.2. The van der Waals surface area contributed by atoms with Gasteiger partial charge in [0, 0.05) is 5.41 Å². The van der Waals surface area contributed by atoms with Crippen LogP contribution in [-0.2, 0) is 15.0 Å². The largest absolute Gasteiger partial charge is 0.345 e. The number of allylic oxidation sites excluding steroid dienone is 1. The van der Waals surface area contributed by atoms with Crippen LogP contribution in [-0.4, -0.2) is 21.8 Å². The van der Waals surface area contributed by atoms with Gasteiger partial charge >= 0.3 is 0 Å². The van der Waals surface area contributed by atoms with Crippen LogP contribution in [0.1, 0.15) is 45.1 Å². The molecule has 0 saturated carbocycles. The summed E-state index contributed by atoms with van der Waals surface area (Å²) >= 11 is 0. The number of aromatic nitrogens is 2. The number of benzene rings is 1. The second-order valence-corrected chi connectivity index (χ2v) is 5.99. The molecule has 1 saturated heterocycles. The van der Waals surface area contributed by atoms with Crippen molar-refractivity contribution in [1.82, 2.24) is 20.6 Å². The van der Waals surface area contributed by atoms with Gasteiger partial charge in [0.05, 0.1) is 25.9 Å². The highest BCUT2D eigenvalue weighted by Crippen LogP contribution is 2.26. The zero-order valence-corrected chi connectivity index (χ0v) is 13.7. The Hall–Kier alpha value is -3.15. The molecule has 1 aromatic carbocycles. The predicted octanol–water partition coefficient (Wildman–Crippen LogP) is 2.20. The molecule has 1 unspecified atom stereocenters. The minimum atomic E-state index is -1.51. The number of H-pyrrole nitrogens is 1. The van der Waals surface area contributed by atoms with Crippen molar-refractivity contribution in [2.24, 2.45) is 0 Å². The highest BCUT2D eigenvalue weighted by Gasteiger charge is 2.31. The van der Waals surface area contributed by atoms with Gasteiger partial charge in [-0.2, -0.15) is 0 Å². The van der Waals surface area contributed by atoms with Gasteiger partial charge in [-0.25, -0.2) is 4.98 Å². The number of aromatic amines is 1. The second kappa shape index (κ2) is 6.39. The lowest BCUT2D eigenvalue weighted by molar-refractivity contribution is -0.131. The maximum Gasteiger partial charge on any atom is 0.268 e. The van der Waals surface area contributed by atoms with Crippen LogP contribution in [0.25, 0.3) is 6.05 Å². The maximum absolute atomic E-state index is 12.8. The molecule has 6 nitrogen and oxygen atoms in total. The van der Waals surface area contributed by atoms with Gasteiger partial charge in [-0.3, -0.25) is 9.59 Å². The van der Waals surface area contributed by atoms with Gasteiger partial charge in [0.1, 0.15) is 11.7 Å². The molecule has 3 N–H and O–H groups in total. The van der Waals surface area contributed by atoms with E-state index < -0.39 is 53.5 Å². The summed E-state index contributed by atoms with van der Waals surface area (Å²) in [5.41, 5.74) is -0.643. The quantitative estimate of drug-likeness (QED) is 0.588. The Morgan fingerprint density at radius 1 is 1.32 bits per heavy atom. The predicted molar refractivity (Wildman–Crippen MR) is 95.3 cm³/mol. The van der Waals surface area contributed by atoms with E-state index in [9.17, 15) is 9.59 Å². The molecule has 0 aliphatic carbocycles. The van der Waals surface area contributed by atoms with E-state index in [-0.39, 0.29) is 23.0 Å². The van der Waals surface area contributed by atoms with Gasteiger partial charge in [0.25, 0.3) is 11.8 Å². The van der Waals surface area contributed by atoms with Gasteiger partial charge in [-0.05, 0) is 11.6 Å². The van der Waals surface area contributed by atoms with Crippen LogP contribution in [0, 0.1) is 0 Å². The molecule has 6 heteroatoms. The number of hydrogen-bond donors (Lipinski definition) is 3. The average molecular weight is 342 g/mol. The van der Waals surface area contributed by atoms with Gasteiger partial charge in [-0.1, -0.05) is 50.1 Å². The van der Waals surface area contributed by atoms with Crippen LogP contribution in [0.15, 0.2) is 54.9 Å². The molecular formula is C19H20N4O2. The van der Waals surface area contributed by atoms with Gasteiger partial charge < -0.3 is 15.6 Å². The van der Waals surface area contributed by atoms with E-state index in [1.807, 2.05) is 13.8 Å². The summed E-state index contributed by atoms with van der Waals surface area (Å²) in [6, 6.07) is -4.84. The van der Waals surface area contributed by atoms with Crippen molar-refractivity contribution in [1.29, 1.82) is 0 Å². The topological polar surface area (TPSA) is 86.9 Å². The van der Waals surface area contributed by atoms with Crippen LogP contribution in [0.2, 0.25) is 0 Å². The number of imidazole rings is 1. The third kappa shape index (κ3) is 3.24. The standard InChI is InChI=1S/C19H20N4O2/c1-4-19(2,3)16-13(20-11-21-16)10-14-17(24)23-15(18(25)22-14)12-8-6-5-7-9-12/h4-11,15H,1H2,2-3H3,(H,20,21)(H,22,25)(H,23,24)/b14-10-/i5D,6D,7D,8D,9D,10D. The lowest BCUT2D eigenvalue weighted by Crippen LogP contribution is -2.49. The number of hydrogen-bond acceptors (Lipinski definition) is 3. The Kier molecular flexibility index (Phi) is 2.73. The fourth-order valence-electron chi connectivity index (χ4n) is 2.32. The molecule has 0 radical (unpaired) electrons. The van der Waals surface area contributed by atoms with Crippen LogP contribution < -0.4 is 10.6 Å². The van der Waals surface area contributed by atoms with Crippen molar-refractivity contribution in [2.75, 3.05) is 0 Å². The maximum atomic E-state index is 12.8. The highest BCUT2D eigenvalue weighted by molar-refractivity contribution is 6.07. The number of carbonyl (C=O) groups is 2. The molecule has 1 atom stereocenters.